The van der Waals surface area contributed by atoms with Gasteiger partial charge in [-0.05, 0) is 24.6 Å². The molecular weight excluding hydrogens is 205 g/mol. The maximum Gasteiger partial charge on any atom is 0.194 e. The molecule has 0 heterocycles. The van der Waals surface area contributed by atoms with Crippen molar-refractivity contribution in [1.29, 1.82) is 0 Å². The molecule has 0 aliphatic heterocycles. The molecule has 5 heteroatoms. The summed E-state index contributed by atoms with van der Waals surface area (Å²) in [5.74, 6) is -3.79. The Morgan fingerprint density at radius 1 is 1.27 bits per heavy atom. The second-order valence-corrected chi connectivity index (χ2v) is 3.39. The smallest absolute Gasteiger partial charge is 0.194 e. The minimum absolute atomic E-state index is 0.0428. The minimum Gasteiger partial charge on any atom is -0.329 e. The third-order valence-corrected chi connectivity index (χ3v) is 2.05. The third-order valence-electron chi connectivity index (χ3n) is 2.05. The van der Waals surface area contributed by atoms with Gasteiger partial charge in [-0.25, -0.2) is 13.2 Å². The molecule has 3 N–H and O–H groups in total. The van der Waals surface area contributed by atoms with E-state index in [2.05, 4.69) is 5.32 Å². The van der Waals surface area contributed by atoms with E-state index >= 15 is 0 Å². The number of halogens is 3. The summed E-state index contributed by atoms with van der Waals surface area (Å²) in [5, 5.41) is 2.94. The predicted octanol–water partition coefficient (Wildman–Crippen LogP) is 1.54. The average Bonchev–Trinajstić information content (AvgIpc) is 2.22. The average molecular weight is 218 g/mol. The zero-order valence-corrected chi connectivity index (χ0v) is 8.36. The number of nitrogens with one attached hydrogen (secondary N) is 1. The van der Waals surface area contributed by atoms with E-state index in [-0.39, 0.29) is 12.6 Å². The Morgan fingerprint density at radius 2 is 1.80 bits per heavy atom. The van der Waals surface area contributed by atoms with Crippen LogP contribution < -0.4 is 11.1 Å². The summed E-state index contributed by atoms with van der Waals surface area (Å²) in [6.45, 7) is 2.52. The van der Waals surface area contributed by atoms with Gasteiger partial charge in [0.2, 0.25) is 0 Å². The summed E-state index contributed by atoms with van der Waals surface area (Å²) in [6.07, 6.45) is 0. The van der Waals surface area contributed by atoms with Crippen LogP contribution in [0.25, 0.3) is 0 Å². The fourth-order valence-corrected chi connectivity index (χ4v) is 1.09. The van der Waals surface area contributed by atoms with Gasteiger partial charge in [-0.3, -0.25) is 0 Å². The molecule has 2 nitrogen and oxygen atoms in total. The van der Waals surface area contributed by atoms with Crippen molar-refractivity contribution < 1.29 is 13.2 Å². The van der Waals surface area contributed by atoms with Gasteiger partial charge in [0, 0.05) is 19.1 Å². The van der Waals surface area contributed by atoms with Crippen LogP contribution in [0, 0.1) is 17.5 Å². The summed E-state index contributed by atoms with van der Waals surface area (Å²) >= 11 is 0. The van der Waals surface area contributed by atoms with Crippen LogP contribution in [0.15, 0.2) is 12.1 Å². The summed E-state index contributed by atoms with van der Waals surface area (Å²) in [4.78, 5) is 0. The lowest BCUT2D eigenvalue weighted by molar-refractivity contribution is 0.443. The molecule has 1 aromatic rings. The Hall–Kier alpha value is -1.07. The first-order valence-electron chi connectivity index (χ1n) is 4.61. The molecule has 0 aliphatic carbocycles. The molecule has 0 fully saturated rings. The fraction of sp³-hybridized carbons (Fsp3) is 0.400. The van der Waals surface area contributed by atoms with Crippen molar-refractivity contribution in [3.05, 3.63) is 35.1 Å². The Balaban J connectivity index is 2.70. The third kappa shape index (κ3) is 3.21. The van der Waals surface area contributed by atoms with Crippen LogP contribution in [0.4, 0.5) is 13.2 Å². The summed E-state index contributed by atoms with van der Waals surface area (Å²) in [5.41, 5.74) is 5.70. The molecule has 0 saturated heterocycles. The van der Waals surface area contributed by atoms with Crippen molar-refractivity contribution >= 4 is 0 Å². The van der Waals surface area contributed by atoms with Crippen LogP contribution in [-0.4, -0.2) is 12.6 Å². The van der Waals surface area contributed by atoms with Crippen LogP contribution >= 0.6 is 0 Å². The van der Waals surface area contributed by atoms with Crippen LogP contribution in [0.5, 0.6) is 0 Å². The van der Waals surface area contributed by atoms with E-state index < -0.39 is 17.5 Å². The van der Waals surface area contributed by atoms with Crippen molar-refractivity contribution in [3.8, 4) is 0 Å². The Morgan fingerprint density at radius 3 is 2.27 bits per heavy atom. The van der Waals surface area contributed by atoms with E-state index in [1.165, 1.54) is 0 Å². The van der Waals surface area contributed by atoms with E-state index in [9.17, 15) is 13.2 Å². The first-order valence-corrected chi connectivity index (χ1v) is 4.61. The molecule has 15 heavy (non-hydrogen) atoms. The summed E-state index contributed by atoms with van der Waals surface area (Å²) < 4.78 is 38.1. The van der Waals surface area contributed by atoms with Crippen molar-refractivity contribution in [2.75, 3.05) is 6.54 Å². The molecule has 0 saturated carbocycles. The highest BCUT2D eigenvalue weighted by atomic mass is 19.2. The molecular formula is C10H13F3N2. The van der Waals surface area contributed by atoms with Crippen molar-refractivity contribution in [3.63, 3.8) is 0 Å². The summed E-state index contributed by atoms with van der Waals surface area (Å²) in [6, 6.07) is 1.98. The minimum atomic E-state index is -1.44. The second kappa shape index (κ2) is 5.14. The number of hydrogen-bond donors (Lipinski definition) is 2. The lowest BCUT2D eigenvalue weighted by Gasteiger charge is -2.11. The van der Waals surface area contributed by atoms with Gasteiger partial charge in [0.1, 0.15) is 0 Å². The lowest BCUT2D eigenvalue weighted by atomic mass is 10.2. The molecule has 0 amide bonds. The molecule has 0 unspecified atom stereocenters. The highest BCUT2D eigenvalue weighted by molar-refractivity contribution is 5.19. The van der Waals surface area contributed by atoms with Crippen LogP contribution in [0.3, 0.4) is 0 Å². The topological polar surface area (TPSA) is 38.0 Å². The maximum absolute atomic E-state index is 12.8. The van der Waals surface area contributed by atoms with Gasteiger partial charge in [-0.15, -0.1) is 0 Å². The van der Waals surface area contributed by atoms with Crippen molar-refractivity contribution in [2.24, 2.45) is 5.73 Å². The Bertz CT molecular complexity index is 318. The standard InChI is InChI=1S/C10H13F3N2/c1-6(4-14)15-5-7-2-8(11)10(13)9(12)3-7/h2-3,6,15H,4-5,14H2,1H3/t6-/m0/s1. The largest absolute Gasteiger partial charge is 0.329 e. The van der Waals surface area contributed by atoms with Crippen LogP contribution in [0.2, 0.25) is 0 Å². The fourth-order valence-electron chi connectivity index (χ4n) is 1.09. The number of benzene rings is 1. The van der Waals surface area contributed by atoms with E-state index in [0.717, 1.165) is 12.1 Å². The van der Waals surface area contributed by atoms with Crippen molar-refractivity contribution in [1.82, 2.24) is 5.32 Å². The molecule has 0 aromatic heterocycles. The van der Waals surface area contributed by atoms with Gasteiger partial charge in [0.15, 0.2) is 17.5 Å². The number of rotatable bonds is 4. The number of hydrogen-bond acceptors (Lipinski definition) is 2. The normalized spacial score (nSPS) is 12.9. The second-order valence-electron chi connectivity index (χ2n) is 3.39. The van der Waals surface area contributed by atoms with Gasteiger partial charge in [0.05, 0.1) is 0 Å². The SMILES string of the molecule is C[C@@H](CN)NCc1cc(F)c(F)c(F)c1. The van der Waals surface area contributed by atoms with E-state index in [1.54, 1.807) is 0 Å². The van der Waals surface area contributed by atoms with Gasteiger partial charge in [-0.2, -0.15) is 0 Å². The Labute approximate surface area is 86.3 Å². The predicted molar refractivity (Wildman–Crippen MR) is 51.7 cm³/mol. The molecule has 0 spiro atoms. The Kier molecular flexibility index (Phi) is 4.11. The van der Waals surface area contributed by atoms with Crippen LogP contribution in [0.1, 0.15) is 12.5 Å². The maximum atomic E-state index is 12.8. The monoisotopic (exact) mass is 218 g/mol. The zero-order valence-electron chi connectivity index (χ0n) is 8.36. The summed E-state index contributed by atoms with van der Waals surface area (Å²) in [7, 11) is 0. The van der Waals surface area contributed by atoms with E-state index in [1.807, 2.05) is 6.92 Å². The zero-order chi connectivity index (χ0) is 11.4. The molecule has 1 aromatic carbocycles. The quantitative estimate of drug-likeness (QED) is 0.752. The molecule has 0 aliphatic rings. The van der Waals surface area contributed by atoms with Gasteiger partial charge in [-0.1, -0.05) is 0 Å². The molecule has 1 rings (SSSR count). The highest BCUT2D eigenvalue weighted by Crippen LogP contribution is 2.13. The first-order chi connectivity index (χ1) is 7.04. The molecule has 0 radical (unpaired) electrons. The molecule has 1 atom stereocenters. The highest BCUT2D eigenvalue weighted by Gasteiger charge is 2.10. The van der Waals surface area contributed by atoms with Gasteiger partial charge < -0.3 is 11.1 Å². The lowest BCUT2D eigenvalue weighted by Crippen LogP contribution is -2.32. The van der Waals surface area contributed by atoms with Crippen molar-refractivity contribution in [2.45, 2.75) is 19.5 Å². The van der Waals surface area contributed by atoms with Gasteiger partial charge in [0.25, 0.3) is 0 Å². The molecule has 0 bridgehead atoms. The first kappa shape index (κ1) is 12.0. The van der Waals surface area contributed by atoms with Crippen LogP contribution in [-0.2, 0) is 6.54 Å². The molecule has 84 valence electrons. The number of nitrogens with two attached hydrogens (primary N) is 1. The van der Waals surface area contributed by atoms with E-state index in [4.69, 9.17) is 5.73 Å². The van der Waals surface area contributed by atoms with Gasteiger partial charge >= 0.3 is 0 Å². The van der Waals surface area contributed by atoms with E-state index in [0.29, 0.717) is 12.1 Å².